The highest BCUT2D eigenvalue weighted by Crippen LogP contribution is 2.24. The van der Waals surface area contributed by atoms with Crippen molar-refractivity contribution in [2.24, 2.45) is 12.8 Å². The summed E-state index contributed by atoms with van der Waals surface area (Å²) in [5.41, 5.74) is 6.00. The number of aliphatic carboxylic acids is 1. The van der Waals surface area contributed by atoms with Crippen LogP contribution in [0.1, 0.15) is 17.3 Å². The van der Waals surface area contributed by atoms with Crippen molar-refractivity contribution in [2.45, 2.75) is 19.6 Å². The molecule has 15 heteroatoms. The van der Waals surface area contributed by atoms with E-state index in [4.69, 9.17) is 20.4 Å². The number of fused-ring (bicyclic) bond motifs is 1. The molecule has 3 heterocycles. The summed E-state index contributed by atoms with van der Waals surface area (Å²) in [5.74, 6) is 3.57. The Morgan fingerprint density at radius 2 is 1.89 bits per heavy atom. The number of carboxylic acids is 1. The Balaban J connectivity index is 0.000000505. The molecule has 1 aromatic carbocycles. The number of rotatable bonds is 5. The van der Waals surface area contributed by atoms with Crippen LogP contribution in [0.3, 0.4) is 0 Å². The van der Waals surface area contributed by atoms with E-state index in [1.807, 2.05) is 4.57 Å². The number of hydrogen-bond donors (Lipinski definition) is 3. The van der Waals surface area contributed by atoms with Gasteiger partial charge in [0.2, 0.25) is 11.9 Å². The molecular weight excluding hydrogens is 511 g/mol. The van der Waals surface area contributed by atoms with Crippen LogP contribution in [-0.2, 0) is 18.4 Å². The molecule has 1 fully saturated rings. The van der Waals surface area contributed by atoms with Crippen LogP contribution in [0, 0.1) is 11.8 Å². The van der Waals surface area contributed by atoms with Crippen molar-refractivity contribution < 1.29 is 32.6 Å². The lowest BCUT2D eigenvalue weighted by Crippen LogP contribution is -2.44. The summed E-state index contributed by atoms with van der Waals surface area (Å²) in [6.45, 7) is 5.30. The lowest BCUT2D eigenvalue weighted by atomic mass is 10.2. The third-order valence-electron chi connectivity index (χ3n) is 5.31. The molecule has 38 heavy (non-hydrogen) atoms. The number of aromatic nitrogens is 4. The topological polar surface area (TPSA) is 158 Å². The summed E-state index contributed by atoms with van der Waals surface area (Å²) in [6, 6.07) is 6.45. The lowest BCUT2D eigenvalue weighted by Gasteiger charge is -2.28. The molecule has 0 saturated carbocycles. The number of primary amides is 1. The summed E-state index contributed by atoms with van der Waals surface area (Å²) in [4.78, 5) is 44.8. The van der Waals surface area contributed by atoms with Gasteiger partial charge >= 0.3 is 18.2 Å². The molecule has 0 unspecified atom stereocenters. The number of carbonyl (C=O) groups is 2. The molecule has 0 aliphatic carbocycles. The van der Waals surface area contributed by atoms with Gasteiger partial charge in [0.05, 0.1) is 6.54 Å². The van der Waals surface area contributed by atoms with E-state index in [0.29, 0.717) is 29.3 Å². The van der Waals surface area contributed by atoms with Crippen LogP contribution >= 0.6 is 0 Å². The Labute approximate surface area is 213 Å². The third kappa shape index (κ3) is 6.40. The van der Waals surface area contributed by atoms with Crippen LogP contribution < -0.4 is 26.2 Å². The lowest BCUT2D eigenvalue weighted by molar-refractivity contribution is -0.192. The van der Waals surface area contributed by atoms with Gasteiger partial charge in [0.1, 0.15) is 5.75 Å². The number of carbonyl (C=O) groups excluding carboxylic acids is 1. The fraction of sp³-hybridized carbons (Fsp3) is 0.348. The van der Waals surface area contributed by atoms with Crippen molar-refractivity contribution in [3.63, 3.8) is 0 Å². The van der Waals surface area contributed by atoms with E-state index >= 15 is 0 Å². The molecule has 0 spiro atoms. The maximum atomic E-state index is 13.2. The first kappa shape index (κ1) is 28.0. The van der Waals surface area contributed by atoms with Gasteiger partial charge in [0.15, 0.2) is 11.2 Å². The monoisotopic (exact) mass is 535 g/mol. The number of amides is 1. The summed E-state index contributed by atoms with van der Waals surface area (Å²) >= 11 is 0. The molecule has 1 amide bonds. The van der Waals surface area contributed by atoms with Gasteiger partial charge in [0, 0.05) is 38.8 Å². The maximum absolute atomic E-state index is 13.2. The number of nitrogens with one attached hydrogen (secondary N) is 1. The normalized spacial score (nSPS) is 13.2. The first-order valence-corrected chi connectivity index (χ1v) is 11.1. The zero-order valence-corrected chi connectivity index (χ0v) is 20.4. The van der Waals surface area contributed by atoms with Gasteiger partial charge in [-0.2, -0.15) is 23.1 Å². The van der Waals surface area contributed by atoms with Gasteiger partial charge < -0.3 is 25.8 Å². The highest BCUT2D eigenvalue weighted by atomic mass is 19.4. The van der Waals surface area contributed by atoms with Crippen molar-refractivity contribution in [1.82, 2.24) is 24.4 Å². The standard InChI is InChI=1S/C21H23N7O3.C2HF3O2/c1-3-4-10-28-16-18(24-20(28)27-11-8-23-9-12-27)25-21(26(2)19(16)30)31-15-7-5-6-14(13-15)17(22)29;3-2(4,5)1(6)7/h5-7,13,23H,8-12H2,1-2H3,(H2,22,29);(H,6,7). The van der Waals surface area contributed by atoms with Crippen LogP contribution in [0.15, 0.2) is 29.1 Å². The van der Waals surface area contributed by atoms with Gasteiger partial charge in [-0.1, -0.05) is 12.0 Å². The second-order valence-corrected chi connectivity index (χ2v) is 7.89. The highest BCUT2D eigenvalue weighted by Gasteiger charge is 2.38. The highest BCUT2D eigenvalue weighted by molar-refractivity contribution is 5.93. The summed E-state index contributed by atoms with van der Waals surface area (Å²) in [6.07, 6.45) is -5.08. The number of nitrogens with two attached hydrogens (primary N) is 1. The summed E-state index contributed by atoms with van der Waals surface area (Å²) in [5, 5.41) is 10.4. The van der Waals surface area contributed by atoms with Gasteiger partial charge in [-0.15, -0.1) is 5.92 Å². The molecular formula is C23H24F3N7O5. The minimum absolute atomic E-state index is 0.0669. The van der Waals surface area contributed by atoms with Gasteiger partial charge in [0.25, 0.3) is 5.56 Å². The van der Waals surface area contributed by atoms with Crippen LogP contribution in [0.5, 0.6) is 11.8 Å². The van der Waals surface area contributed by atoms with Crippen LogP contribution in [0.2, 0.25) is 0 Å². The number of piperazine rings is 1. The molecule has 0 bridgehead atoms. The molecule has 2 aromatic heterocycles. The van der Waals surface area contributed by atoms with Gasteiger partial charge in [-0.3, -0.25) is 18.7 Å². The van der Waals surface area contributed by atoms with E-state index in [9.17, 15) is 22.8 Å². The molecule has 0 radical (unpaired) electrons. The Hall–Kier alpha value is -4.58. The zero-order chi connectivity index (χ0) is 28.0. The quantitative estimate of drug-likeness (QED) is 0.407. The molecule has 1 aliphatic heterocycles. The minimum Gasteiger partial charge on any atom is -0.475 e. The van der Waals surface area contributed by atoms with E-state index in [-0.39, 0.29) is 17.2 Å². The van der Waals surface area contributed by atoms with Gasteiger partial charge in [-0.05, 0) is 25.1 Å². The van der Waals surface area contributed by atoms with Crippen molar-refractivity contribution in [3.8, 4) is 23.6 Å². The largest absolute Gasteiger partial charge is 0.490 e. The number of hydrogen-bond acceptors (Lipinski definition) is 8. The van der Waals surface area contributed by atoms with Crippen molar-refractivity contribution >= 4 is 29.0 Å². The number of benzene rings is 1. The Kier molecular flexibility index (Phi) is 8.58. The first-order chi connectivity index (χ1) is 17.9. The molecule has 1 aliphatic rings. The molecule has 0 atom stereocenters. The first-order valence-electron chi connectivity index (χ1n) is 11.1. The SMILES string of the molecule is CC#CCn1c(N2CCNCC2)nc2nc(Oc3cccc(C(N)=O)c3)n(C)c(=O)c21.O=C(O)C(F)(F)F. The number of carboxylic acid groups (broad SMARTS) is 1. The van der Waals surface area contributed by atoms with Crippen molar-refractivity contribution in [3.05, 3.63) is 40.2 Å². The predicted molar refractivity (Wildman–Crippen MR) is 130 cm³/mol. The molecule has 4 rings (SSSR count). The van der Waals surface area contributed by atoms with Crippen molar-refractivity contribution in [1.29, 1.82) is 0 Å². The summed E-state index contributed by atoms with van der Waals surface area (Å²) in [7, 11) is 1.58. The van der Waals surface area contributed by atoms with E-state index < -0.39 is 18.1 Å². The van der Waals surface area contributed by atoms with Crippen LogP contribution in [0.4, 0.5) is 19.1 Å². The fourth-order valence-corrected chi connectivity index (χ4v) is 3.45. The Bertz CT molecular complexity index is 1460. The molecule has 3 aromatic rings. The number of nitrogens with zero attached hydrogens (tertiary/aromatic N) is 5. The second kappa shape index (κ2) is 11.6. The van der Waals surface area contributed by atoms with Crippen molar-refractivity contribution in [2.75, 3.05) is 31.1 Å². The number of imidazole rings is 1. The maximum Gasteiger partial charge on any atom is 0.490 e. The molecule has 202 valence electrons. The van der Waals surface area contributed by atoms with Gasteiger partial charge in [-0.25, -0.2) is 4.79 Å². The smallest absolute Gasteiger partial charge is 0.475 e. The number of alkyl halides is 3. The summed E-state index contributed by atoms with van der Waals surface area (Å²) < 4.78 is 40.7. The Morgan fingerprint density at radius 1 is 1.24 bits per heavy atom. The minimum atomic E-state index is -5.08. The molecule has 1 saturated heterocycles. The number of anilines is 1. The predicted octanol–water partition coefficient (Wildman–Crippen LogP) is 1.09. The molecule has 12 nitrogen and oxygen atoms in total. The van der Waals surface area contributed by atoms with E-state index in [1.165, 1.54) is 10.6 Å². The van der Waals surface area contributed by atoms with E-state index in [1.54, 1.807) is 32.2 Å². The Morgan fingerprint density at radius 3 is 2.47 bits per heavy atom. The van der Waals surface area contributed by atoms with Crippen LogP contribution in [0.25, 0.3) is 11.2 Å². The van der Waals surface area contributed by atoms with E-state index in [0.717, 1.165) is 26.2 Å². The second-order valence-electron chi connectivity index (χ2n) is 7.89. The zero-order valence-electron chi connectivity index (χ0n) is 20.4. The number of ether oxygens (including phenoxy) is 1. The average Bonchev–Trinajstić information content (AvgIpc) is 3.24. The van der Waals surface area contributed by atoms with E-state index in [2.05, 4.69) is 32.0 Å². The third-order valence-corrected chi connectivity index (χ3v) is 5.31. The fourth-order valence-electron chi connectivity index (χ4n) is 3.45. The average molecular weight is 535 g/mol. The van der Waals surface area contributed by atoms with Crippen LogP contribution in [-0.4, -0.2) is 68.4 Å². The number of halogens is 3. The molecule has 4 N–H and O–H groups in total.